The van der Waals surface area contributed by atoms with Crippen molar-refractivity contribution in [2.75, 3.05) is 27.2 Å². The zero-order chi connectivity index (χ0) is 12.4. The average molecular weight is 240 g/mol. The number of hydrogen-bond acceptors (Lipinski definition) is 4. The van der Waals surface area contributed by atoms with Crippen LogP contribution in [0.5, 0.6) is 0 Å². The molecule has 0 aromatic rings. The van der Waals surface area contributed by atoms with Gasteiger partial charge >= 0.3 is 5.97 Å². The van der Waals surface area contributed by atoms with Gasteiger partial charge in [0.15, 0.2) is 0 Å². The summed E-state index contributed by atoms with van der Waals surface area (Å²) in [6.07, 6.45) is 3.72. The van der Waals surface area contributed by atoms with E-state index < -0.39 is 0 Å². The van der Waals surface area contributed by atoms with Crippen molar-refractivity contribution in [1.29, 1.82) is 0 Å². The number of nitrogens with zero attached hydrogens (tertiary/aromatic N) is 2. The summed E-state index contributed by atoms with van der Waals surface area (Å²) >= 11 is 0. The second-order valence-electron chi connectivity index (χ2n) is 4.84. The maximum absolute atomic E-state index is 12.0. The fraction of sp³-hybridized carbons (Fsp3) is 0.833. The van der Waals surface area contributed by atoms with E-state index in [0.29, 0.717) is 0 Å². The molecule has 2 aliphatic heterocycles. The second kappa shape index (κ2) is 5.04. The number of amides is 1. The Morgan fingerprint density at radius 1 is 1.29 bits per heavy atom. The van der Waals surface area contributed by atoms with Crippen molar-refractivity contribution in [3.63, 3.8) is 0 Å². The van der Waals surface area contributed by atoms with Crippen molar-refractivity contribution >= 4 is 11.9 Å². The molecule has 2 rings (SSSR count). The molecule has 2 aliphatic rings. The Morgan fingerprint density at radius 2 is 2.06 bits per heavy atom. The number of carbonyl (C=O) groups excluding carboxylic acids is 2. The van der Waals surface area contributed by atoms with Crippen LogP contribution in [0.25, 0.3) is 0 Å². The van der Waals surface area contributed by atoms with E-state index in [1.165, 1.54) is 7.11 Å². The van der Waals surface area contributed by atoms with Crippen LogP contribution in [0, 0.1) is 0 Å². The Balaban J connectivity index is 2.11. The number of likely N-dealkylation sites (tertiary alicyclic amines) is 2. The zero-order valence-corrected chi connectivity index (χ0v) is 10.5. The van der Waals surface area contributed by atoms with E-state index in [-0.39, 0.29) is 24.0 Å². The Labute approximate surface area is 102 Å². The van der Waals surface area contributed by atoms with Crippen LogP contribution in [-0.2, 0) is 14.3 Å². The van der Waals surface area contributed by atoms with Crippen molar-refractivity contribution in [3.05, 3.63) is 0 Å². The minimum atomic E-state index is -0.228. The third-order valence-corrected chi connectivity index (χ3v) is 3.82. The predicted octanol–water partition coefficient (Wildman–Crippen LogP) is 0.245. The molecule has 0 radical (unpaired) electrons. The van der Waals surface area contributed by atoms with Crippen molar-refractivity contribution in [1.82, 2.24) is 9.80 Å². The normalized spacial score (nSPS) is 30.7. The summed E-state index contributed by atoms with van der Waals surface area (Å²) in [7, 11) is 3.23. The molecule has 0 aliphatic carbocycles. The SMILES string of the molecule is COC(=O)C1CCCCN1C1CCN(C)C1=O. The van der Waals surface area contributed by atoms with Crippen LogP contribution >= 0.6 is 0 Å². The molecule has 5 nitrogen and oxygen atoms in total. The minimum absolute atomic E-state index is 0.121. The molecule has 2 saturated heterocycles. The third-order valence-electron chi connectivity index (χ3n) is 3.82. The van der Waals surface area contributed by atoms with Crippen LogP contribution in [0.2, 0.25) is 0 Å². The third kappa shape index (κ3) is 2.29. The van der Waals surface area contributed by atoms with Crippen LogP contribution in [0.4, 0.5) is 0 Å². The molecule has 2 atom stereocenters. The fourth-order valence-corrected chi connectivity index (χ4v) is 2.83. The number of ether oxygens (including phenoxy) is 1. The zero-order valence-electron chi connectivity index (χ0n) is 10.5. The topological polar surface area (TPSA) is 49.9 Å². The van der Waals surface area contributed by atoms with E-state index in [2.05, 4.69) is 0 Å². The summed E-state index contributed by atoms with van der Waals surface area (Å²) in [5.41, 5.74) is 0. The lowest BCUT2D eigenvalue weighted by Gasteiger charge is -2.36. The first-order valence-corrected chi connectivity index (χ1v) is 6.23. The number of carbonyl (C=O) groups is 2. The molecule has 5 heteroatoms. The monoisotopic (exact) mass is 240 g/mol. The van der Waals surface area contributed by atoms with Gasteiger partial charge in [0.2, 0.25) is 5.91 Å². The first-order valence-electron chi connectivity index (χ1n) is 6.23. The lowest BCUT2D eigenvalue weighted by atomic mass is 9.99. The van der Waals surface area contributed by atoms with E-state index in [0.717, 1.165) is 38.8 Å². The van der Waals surface area contributed by atoms with Crippen LogP contribution in [-0.4, -0.2) is 61.0 Å². The second-order valence-corrected chi connectivity index (χ2v) is 4.84. The van der Waals surface area contributed by atoms with Gasteiger partial charge < -0.3 is 9.64 Å². The van der Waals surface area contributed by atoms with E-state index in [9.17, 15) is 9.59 Å². The Bertz CT molecular complexity index is 315. The molecular weight excluding hydrogens is 220 g/mol. The molecule has 2 fully saturated rings. The van der Waals surface area contributed by atoms with Crippen LogP contribution in [0.1, 0.15) is 25.7 Å². The standard InChI is InChI=1S/C12H20N2O3/c1-13-8-6-9(11(13)15)14-7-4-3-5-10(14)12(16)17-2/h9-10H,3-8H2,1-2H3. The molecule has 2 heterocycles. The lowest BCUT2D eigenvalue weighted by Crippen LogP contribution is -2.52. The maximum atomic E-state index is 12.0. The summed E-state index contributed by atoms with van der Waals surface area (Å²) in [6, 6.07) is -0.349. The average Bonchev–Trinajstić information content (AvgIpc) is 2.69. The molecule has 1 amide bonds. The van der Waals surface area contributed by atoms with Gasteiger partial charge in [-0.1, -0.05) is 6.42 Å². The highest BCUT2D eigenvalue weighted by Crippen LogP contribution is 2.25. The molecule has 0 aromatic carbocycles. The number of likely N-dealkylation sites (N-methyl/N-ethyl adjacent to an activating group) is 1. The van der Waals surface area contributed by atoms with Gasteiger partial charge in [-0.2, -0.15) is 0 Å². The first kappa shape index (κ1) is 12.4. The molecule has 2 unspecified atom stereocenters. The molecule has 0 saturated carbocycles. The molecule has 17 heavy (non-hydrogen) atoms. The Kier molecular flexibility index (Phi) is 3.66. The van der Waals surface area contributed by atoms with E-state index in [1.54, 1.807) is 4.90 Å². The summed E-state index contributed by atoms with van der Waals surface area (Å²) < 4.78 is 4.84. The van der Waals surface area contributed by atoms with Gasteiger partial charge in [-0.15, -0.1) is 0 Å². The van der Waals surface area contributed by atoms with Crippen LogP contribution < -0.4 is 0 Å². The van der Waals surface area contributed by atoms with Crippen LogP contribution in [0.15, 0.2) is 0 Å². The largest absolute Gasteiger partial charge is 0.468 e. The van der Waals surface area contributed by atoms with Gasteiger partial charge in [-0.05, 0) is 25.8 Å². The minimum Gasteiger partial charge on any atom is -0.468 e. The quantitative estimate of drug-likeness (QED) is 0.649. The summed E-state index contributed by atoms with van der Waals surface area (Å²) in [6.45, 7) is 1.61. The number of hydrogen-bond donors (Lipinski definition) is 0. The van der Waals surface area contributed by atoms with Gasteiger partial charge in [-0.3, -0.25) is 14.5 Å². The Morgan fingerprint density at radius 3 is 2.65 bits per heavy atom. The highest BCUT2D eigenvalue weighted by atomic mass is 16.5. The summed E-state index contributed by atoms with van der Waals surface area (Å²) in [5.74, 6) is -0.0622. The maximum Gasteiger partial charge on any atom is 0.323 e. The molecular formula is C12H20N2O3. The van der Waals surface area contributed by atoms with E-state index >= 15 is 0 Å². The van der Waals surface area contributed by atoms with Gasteiger partial charge in [0.05, 0.1) is 13.2 Å². The molecule has 0 spiro atoms. The molecule has 0 N–H and O–H groups in total. The van der Waals surface area contributed by atoms with Crippen molar-refractivity contribution in [3.8, 4) is 0 Å². The Hall–Kier alpha value is -1.10. The van der Waals surface area contributed by atoms with Gasteiger partial charge in [0.1, 0.15) is 6.04 Å². The van der Waals surface area contributed by atoms with Gasteiger partial charge in [-0.25, -0.2) is 0 Å². The lowest BCUT2D eigenvalue weighted by molar-refractivity contribution is -0.150. The number of piperidine rings is 1. The van der Waals surface area contributed by atoms with E-state index in [4.69, 9.17) is 4.74 Å². The van der Waals surface area contributed by atoms with Crippen LogP contribution in [0.3, 0.4) is 0 Å². The van der Waals surface area contributed by atoms with Crippen molar-refractivity contribution < 1.29 is 14.3 Å². The van der Waals surface area contributed by atoms with Gasteiger partial charge in [0, 0.05) is 13.6 Å². The number of methoxy groups -OCH3 is 1. The molecule has 96 valence electrons. The predicted molar refractivity (Wildman–Crippen MR) is 62.4 cm³/mol. The smallest absolute Gasteiger partial charge is 0.323 e. The highest BCUT2D eigenvalue weighted by Gasteiger charge is 2.41. The number of esters is 1. The van der Waals surface area contributed by atoms with E-state index in [1.807, 2.05) is 11.9 Å². The van der Waals surface area contributed by atoms with Crippen molar-refractivity contribution in [2.45, 2.75) is 37.8 Å². The summed E-state index contributed by atoms with van der Waals surface area (Å²) in [5, 5.41) is 0. The molecule has 0 aromatic heterocycles. The van der Waals surface area contributed by atoms with Crippen molar-refractivity contribution in [2.24, 2.45) is 0 Å². The van der Waals surface area contributed by atoms with Gasteiger partial charge in [0.25, 0.3) is 0 Å². The highest BCUT2D eigenvalue weighted by molar-refractivity contribution is 5.85. The number of rotatable bonds is 2. The fourth-order valence-electron chi connectivity index (χ4n) is 2.83. The summed E-state index contributed by atoms with van der Waals surface area (Å²) in [4.78, 5) is 27.5. The first-order chi connectivity index (χ1) is 8.15. The molecule has 0 bridgehead atoms.